The first kappa shape index (κ1) is 17.1. The summed E-state index contributed by atoms with van der Waals surface area (Å²) in [7, 11) is 1.71. The summed E-state index contributed by atoms with van der Waals surface area (Å²) >= 11 is 0. The maximum atomic E-state index is 12.4. The summed E-state index contributed by atoms with van der Waals surface area (Å²) in [6.45, 7) is 3.94. The van der Waals surface area contributed by atoms with Crippen LogP contribution in [-0.2, 0) is 6.54 Å². The van der Waals surface area contributed by atoms with E-state index in [2.05, 4.69) is 5.32 Å². The van der Waals surface area contributed by atoms with Gasteiger partial charge in [-0.1, -0.05) is 0 Å². The Morgan fingerprint density at radius 3 is 2.64 bits per heavy atom. The summed E-state index contributed by atoms with van der Waals surface area (Å²) in [5, 5.41) is 2.88. The monoisotopic (exact) mass is 341 g/mol. The number of carbonyl (C=O) groups is 2. The number of urea groups is 1. The van der Waals surface area contributed by atoms with E-state index in [9.17, 15) is 9.59 Å². The number of nitrogens with one attached hydrogen (secondary N) is 1. The molecule has 1 N–H and O–H groups in total. The normalized spacial score (nSPS) is 13.8. The third-order valence-electron chi connectivity index (χ3n) is 4.43. The molecule has 1 aliphatic rings. The highest BCUT2D eigenvalue weighted by molar-refractivity contribution is 5.96. The first-order valence-electron chi connectivity index (χ1n) is 8.49. The van der Waals surface area contributed by atoms with Crippen molar-refractivity contribution < 1.29 is 14.0 Å². The molecular weight excluding hydrogens is 318 g/mol. The van der Waals surface area contributed by atoms with Crippen LogP contribution in [0.1, 0.15) is 34.5 Å². The van der Waals surface area contributed by atoms with Crippen molar-refractivity contribution in [3.63, 3.8) is 0 Å². The molecule has 1 aromatic heterocycles. The Morgan fingerprint density at radius 1 is 1.24 bits per heavy atom. The molecule has 3 rings (SSSR count). The van der Waals surface area contributed by atoms with Crippen LogP contribution in [0.3, 0.4) is 0 Å². The van der Waals surface area contributed by atoms with E-state index in [1.165, 1.54) is 0 Å². The van der Waals surface area contributed by atoms with Gasteiger partial charge in [0.25, 0.3) is 5.91 Å². The average molecular weight is 341 g/mol. The van der Waals surface area contributed by atoms with E-state index in [1.54, 1.807) is 36.4 Å². The van der Waals surface area contributed by atoms with E-state index < -0.39 is 0 Å². The van der Waals surface area contributed by atoms with Gasteiger partial charge in [-0.3, -0.25) is 4.79 Å². The SMILES string of the molecule is Cc1cc(C(=O)N2CCCC2)ccc1NC(=O)N(C)Cc1ccco1. The minimum Gasteiger partial charge on any atom is -0.467 e. The van der Waals surface area contributed by atoms with Crippen LogP contribution in [0.15, 0.2) is 41.0 Å². The van der Waals surface area contributed by atoms with Crippen molar-refractivity contribution >= 4 is 17.6 Å². The quantitative estimate of drug-likeness (QED) is 0.926. The van der Waals surface area contributed by atoms with Crippen LogP contribution >= 0.6 is 0 Å². The number of nitrogens with zero attached hydrogens (tertiary/aromatic N) is 2. The fraction of sp³-hybridized carbons (Fsp3) is 0.368. The Hall–Kier alpha value is -2.76. The standard InChI is InChI=1S/C19H23N3O3/c1-14-12-15(18(23)22-9-3-4-10-22)7-8-17(14)20-19(24)21(2)13-16-6-5-11-25-16/h5-8,11-12H,3-4,9-10,13H2,1-2H3,(H,20,24). The first-order valence-corrected chi connectivity index (χ1v) is 8.49. The maximum Gasteiger partial charge on any atom is 0.321 e. The molecule has 6 nitrogen and oxygen atoms in total. The van der Waals surface area contributed by atoms with Crippen molar-refractivity contribution in [2.24, 2.45) is 0 Å². The van der Waals surface area contributed by atoms with Gasteiger partial charge in [0.05, 0.1) is 12.8 Å². The Morgan fingerprint density at radius 2 is 2.00 bits per heavy atom. The van der Waals surface area contributed by atoms with E-state index in [4.69, 9.17) is 4.42 Å². The topological polar surface area (TPSA) is 65.8 Å². The van der Waals surface area contributed by atoms with Gasteiger partial charge in [-0.15, -0.1) is 0 Å². The third-order valence-corrected chi connectivity index (χ3v) is 4.43. The smallest absolute Gasteiger partial charge is 0.321 e. The minimum absolute atomic E-state index is 0.0633. The zero-order valence-corrected chi connectivity index (χ0v) is 14.6. The molecule has 0 aliphatic carbocycles. The summed E-state index contributed by atoms with van der Waals surface area (Å²) in [6, 6.07) is 8.79. The van der Waals surface area contributed by atoms with Crippen LogP contribution in [-0.4, -0.2) is 41.9 Å². The molecular formula is C19H23N3O3. The van der Waals surface area contributed by atoms with Gasteiger partial charge < -0.3 is 19.5 Å². The highest BCUT2D eigenvalue weighted by atomic mass is 16.3. The number of aryl methyl sites for hydroxylation is 1. The van der Waals surface area contributed by atoms with Gasteiger partial charge in [-0.25, -0.2) is 4.79 Å². The molecule has 3 amide bonds. The fourth-order valence-corrected chi connectivity index (χ4v) is 2.96. The van der Waals surface area contributed by atoms with Crippen LogP contribution in [0.5, 0.6) is 0 Å². The Balaban J connectivity index is 1.64. The number of anilines is 1. The Bertz CT molecular complexity index is 749. The van der Waals surface area contributed by atoms with E-state index >= 15 is 0 Å². The van der Waals surface area contributed by atoms with E-state index in [0.717, 1.165) is 37.3 Å². The Labute approximate surface area is 147 Å². The van der Waals surface area contributed by atoms with Crippen molar-refractivity contribution in [1.82, 2.24) is 9.80 Å². The van der Waals surface area contributed by atoms with Crippen LogP contribution in [0, 0.1) is 6.92 Å². The van der Waals surface area contributed by atoms with Gasteiger partial charge in [-0.2, -0.15) is 0 Å². The van der Waals surface area contributed by atoms with Gasteiger partial charge >= 0.3 is 6.03 Å². The number of furan rings is 1. The summed E-state index contributed by atoms with van der Waals surface area (Å²) in [4.78, 5) is 28.2. The molecule has 0 saturated carbocycles. The fourth-order valence-electron chi connectivity index (χ4n) is 2.96. The lowest BCUT2D eigenvalue weighted by molar-refractivity contribution is 0.0792. The van der Waals surface area contributed by atoms with E-state index in [-0.39, 0.29) is 11.9 Å². The zero-order valence-electron chi connectivity index (χ0n) is 14.6. The van der Waals surface area contributed by atoms with Crippen LogP contribution in [0.4, 0.5) is 10.5 Å². The molecule has 132 valence electrons. The van der Waals surface area contributed by atoms with Crippen LogP contribution < -0.4 is 5.32 Å². The number of amides is 3. The number of likely N-dealkylation sites (tertiary alicyclic amines) is 1. The predicted molar refractivity (Wildman–Crippen MR) is 95.5 cm³/mol. The molecule has 0 radical (unpaired) electrons. The molecule has 0 bridgehead atoms. The molecule has 0 unspecified atom stereocenters. The van der Waals surface area contributed by atoms with Gasteiger partial charge in [0.2, 0.25) is 0 Å². The van der Waals surface area contributed by atoms with Gasteiger partial charge in [0, 0.05) is 31.4 Å². The second-order valence-electron chi connectivity index (χ2n) is 6.39. The third kappa shape index (κ3) is 4.02. The van der Waals surface area contributed by atoms with Crippen molar-refractivity contribution in [3.05, 3.63) is 53.5 Å². The summed E-state index contributed by atoms with van der Waals surface area (Å²) in [5.74, 6) is 0.786. The number of hydrogen-bond donors (Lipinski definition) is 1. The molecule has 1 saturated heterocycles. The van der Waals surface area contributed by atoms with Gasteiger partial charge in [0.15, 0.2) is 0 Å². The molecule has 2 aromatic rings. The molecule has 0 atom stereocenters. The molecule has 1 aliphatic heterocycles. The molecule has 1 aromatic carbocycles. The second kappa shape index (κ2) is 7.42. The molecule has 0 spiro atoms. The highest BCUT2D eigenvalue weighted by Crippen LogP contribution is 2.20. The van der Waals surface area contributed by atoms with Crippen molar-refractivity contribution in [2.75, 3.05) is 25.5 Å². The zero-order chi connectivity index (χ0) is 17.8. The average Bonchev–Trinajstić information content (AvgIpc) is 3.29. The van der Waals surface area contributed by atoms with Gasteiger partial charge in [-0.05, 0) is 55.7 Å². The van der Waals surface area contributed by atoms with E-state index in [1.807, 2.05) is 24.0 Å². The van der Waals surface area contributed by atoms with Crippen molar-refractivity contribution in [3.8, 4) is 0 Å². The number of rotatable bonds is 4. The van der Waals surface area contributed by atoms with Crippen LogP contribution in [0.2, 0.25) is 0 Å². The second-order valence-corrected chi connectivity index (χ2v) is 6.39. The molecule has 6 heteroatoms. The number of carbonyl (C=O) groups excluding carboxylic acids is 2. The molecule has 1 fully saturated rings. The van der Waals surface area contributed by atoms with Crippen molar-refractivity contribution in [1.29, 1.82) is 0 Å². The maximum absolute atomic E-state index is 12.4. The van der Waals surface area contributed by atoms with E-state index in [0.29, 0.717) is 17.8 Å². The summed E-state index contributed by atoms with van der Waals surface area (Å²) in [5.41, 5.74) is 2.24. The summed E-state index contributed by atoms with van der Waals surface area (Å²) < 4.78 is 5.26. The number of hydrogen-bond acceptors (Lipinski definition) is 3. The largest absolute Gasteiger partial charge is 0.467 e. The number of benzene rings is 1. The molecule has 25 heavy (non-hydrogen) atoms. The highest BCUT2D eigenvalue weighted by Gasteiger charge is 2.20. The lowest BCUT2D eigenvalue weighted by Crippen LogP contribution is -2.31. The molecule has 2 heterocycles. The van der Waals surface area contributed by atoms with Crippen LogP contribution in [0.25, 0.3) is 0 Å². The Kier molecular flexibility index (Phi) is 5.07. The van der Waals surface area contributed by atoms with Crippen molar-refractivity contribution in [2.45, 2.75) is 26.3 Å². The predicted octanol–water partition coefficient (Wildman–Crippen LogP) is 3.49. The van der Waals surface area contributed by atoms with Gasteiger partial charge in [0.1, 0.15) is 5.76 Å². The summed E-state index contributed by atoms with van der Waals surface area (Å²) in [6.07, 6.45) is 3.73. The lowest BCUT2D eigenvalue weighted by Gasteiger charge is -2.19. The minimum atomic E-state index is -0.224. The lowest BCUT2D eigenvalue weighted by atomic mass is 10.1. The first-order chi connectivity index (χ1) is 12.0.